The number of carbonyl (C=O) groups is 1. The average Bonchev–Trinajstić information content (AvgIpc) is 2.46. The van der Waals surface area contributed by atoms with E-state index in [-0.39, 0.29) is 5.91 Å². The predicted octanol–water partition coefficient (Wildman–Crippen LogP) is 0.717. The van der Waals surface area contributed by atoms with E-state index in [1.807, 2.05) is 0 Å². The van der Waals surface area contributed by atoms with Crippen LogP contribution in [-0.2, 0) is 19.6 Å². The van der Waals surface area contributed by atoms with Crippen LogP contribution in [0.15, 0.2) is 24.3 Å². The topological polar surface area (TPSA) is 87.7 Å². The Balaban J connectivity index is 2.00. The first-order valence-corrected chi connectivity index (χ1v) is 8.95. The van der Waals surface area contributed by atoms with Crippen LogP contribution in [0.3, 0.4) is 0 Å². The molecule has 122 valence electrons. The molecule has 0 aliphatic carbocycles. The third kappa shape index (κ3) is 4.88. The Morgan fingerprint density at radius 3 is 2.55 bits per heavy atom. The monoisotopic (exact) mass is 327 g/mol. The highest BCUT2D eigenvalue weighted by molar-refractivity contribution is 7.92. The zero-order valence-electron chi connectivity index (χ0n) is 12.7. The van der Waals surface area contributed by atoms with Crippen molar-refractivity contribution >= 4 is 27.3 Å². The van der Waals surface area contributed by atoms with Crippen LogP contribution in [0.5, 0.6) is 0 Å². The summed E-state index contributed by atoms with van der Waals surface area (Å²) in [6, 6.07) is 6.43. The zero-order valence-corrected chi connectivity index (χ0v) is 13.5. The number of ether oxygens (including phenoxy) is 1. The van der Waals surface area contributed by atoms with E-state index in [0.29, 0.717) is 37.7 Å². The summed E-state index contributed by atoms with van der Waals surface area (Å²) >= 11 is 0. The number of nitrogens with one attached hydrogen (secondary N) is 2. The number of carbonyl (C=O) groups excluding carboxylic acids is 1. The molecular formula is C14H21N3O4S. The predicted molar refractivity (Wildman–Crippen MR) is 85.4 cm³/mol. The Morgan fingerprint density at radius 2 is 1.91 bits per heavy atom. The average molecular weight is 327 g/mol. The van der Waals surface area contributed by atoms with Crippen LogP contribution < -0.4 is 10.0 Å². The van der Waals surface area contributed by atoms with Crippen LogP contribution in [0.25, 0.3) is 0 Å². The van der Waals surface area contributed by atoms with Gasteiger partial charge in [0, 0.05) is 18.8 Å². The van der Waals surface area contributed by atoms with Crippen molar-refractivity contribution in [1.29, 1.82) is 0 Å². The molecule has 1 atom stereocenters. The normalized spacial score (nSPS) is 16.9. The van der Waals surface area contributed by atoms with Crippen LogP contribution in [0.4, 0.5) is 11.4 Å². The van der Waals surface area contributed by atoms with Crippen molar-refractivity contribution in [2.75, 3.05) is 42.6 Å². The minimum Gasteiger partial charge on any atom is -0.378 e. The number of morpholine rings is 1. The van der Waals surface area contributed by atoms with Crippen LogP contribution in [-0.4, -0.2) is 57.8 Å². The number of sulfonamides is 1. The third-order valence-corrected chi connectivity index (χ3v) is 3.85. The highest BCUT2D eigenvalue weighted by Crippen LogP contribution is 2.17. The fourth-order valence-electron chi connectivity index (χ4n) is 2.26. The van der Waals surface area contributed by atoms with E-state index in [1.165, 1.54) is 0 Å². The highest BCUT2D eigenvalue weighted by atomic mass is 32.2. The molecule has 22 heavy (non-hydrogen) atoms. The highest BCUT2D eigenvalue weighted by Gasteiger charge is 2.22. The van der Waals surface area contributed by atoms with Gasteiger partial charge in [-0.2, -0.15) is 0 Å². The first-order valence-electron chi connectivity index (χ1n) is 7.06. The molecule has 2 N–H and O–H groups in total. The Morgan fingerprint density at radius 1 is 1.27 bits per heavy atom. The van der Waals surface area contributed by atoms with Gasteiger partial charge in [-0.25, -0.2) is 8.42 Å². The minimum atomic E-state index is -3.32. The molecule has 2 rings (SSSR count). The third-order valence-electron chi connectivity index (χ3n) is 3.24. The first-order chi connectivity index (χ1) is 10.3. The van der Waals surface area contributed by atoms with E-state index >= 15 is 0 Å². The summed E-state index contributed by atoms with van der Waals surface area (Å²) in [5, 5.41) is 3.10. The Hall–Kier alpha value is -1.80. The van der Waals surface area contributed by atoms with Gasteiger partial charge in [0.05, 0.1) is 25.2 Å². The van der Waals surface area contributed by atoms with Crippen molar-refractivity contribution in [2.45, 2.75) is 13.0 Å². The number of hydrogen-bond donors (Lipinski definition) is 2. The largest absolute Gasteiger partial charge is 0.378 e. The number of nitrogens with zero attached hydrogens (tertiary/aromatic N) is 1. The first kappa shape index (κ1) is 16.6. The molecule has 0 bridgehead atoms. The molecule has 1 heterocycles. The van der Waals surface area contributed by atoms with Gasteiger partial charge in [-0.05, 0) is 25.1 Å². The van der Waals surface area contributed by atoms with Crippen LogP contribution in [0.1, 0.15) is 6.92 Å². The fourth-order valence-corrected chi connectivity index (χ4v) is 2.81. The molecular weight excluding hydrogens is 306 g/mol. The number of anilines is 2. The molecule has 0 saturated carbocycles. The second-order valence-corrected chi connectivity index (χ2v) is 7.01. The molecule has 8 heteroatoms. The van der Waals surface area contributed by atoms with Crippen LogP contribution >= 0.6 is 0 Å². The molecule has 0 spiro atoms. The molecule has 1 unspecified atom stereocenters. The van der Waals surface area contributed by atoms with Crippen LogP contribution in [0, 0.1) is 0 Å². The Labute approximate surface area is 130 Å². The lowest BCUT2D eigenvalue weighted by atomic mass is 10.2. The zero-order chi connectivity index (χ0) is 16.2. The van der Waals surface area contributed by atoms with Gasteiger partial charge in [-0.3, -0.25) is 9.52 Å². The van der Waals surface area contributed by atoms with Gasteiger partial charge in [0.15, 0.2) is 0 Å². The van der Waals surface area contributed by atoms with E-state index < -0.39 is 16.1 Å². The van der Waals surface area contributed by atoms with Gasteiger partial charge in [-0.15, -0.1) is 0 Å². The van der Waals surface area contributed by atoms with Gasteiger partial charge in [0.25, 0.3) is 0 Å². The summed E-state index contributed by atoms with van der Waals surface area (Å²) in [4.78, 5) is 14.1. The van der Waals surface area contributed by atoms with Gasteiger partial charge < -0.3 is 15.0 Å². The van der Waals surface area contributed by atoms with Crippen molar-refractivity contribution < 1.29 is 17.9 Å². The molecule has 1 fully saturated rings. The lowest BCUT2D eigenvalue weighted by Crippen LogP contribution is -2.46. The molecule has 1 aliphatic heterocycles. The summed E-state index contributed by atoms with van der Waals surface area (Å²) < 4.78 is 30.1. The SMILES string of the molecule is CC(Nc1cccc(NS(C)(=O)=O)c1)C(=O)N1CCOCC1. The molecule has 0 aromatic heterocycles. The summed E-state index contributed by atoms with van der Waals surface area (Å²) in [5.74, 6) is 0.00442. The summed E-state index contributed by atoms with van der Waals surface area (Å²) in [7, 11) is -3.32. The summed E-state index contributed by atoms with van der Waals surface area (Å²) in [5.41, 5.74) is 1.14. The van der Waals surface area contributed by atoms with E-state index in [1.54, 1.807) is 36.1 Å². The number of hydrogen-bond acceptors (Lipinski definition) is 5. The Bertz CT molecular complexity index is 627. The standard InChI is InChI=1S/C14H21N3O4S/c1-11(14(18)17-6-8-21-9-7-17)15-12-4-3-5-13(10-12)16-22(2,19)20/h3-5,10-11,15-16H,6-9H2,1-2H3. The minimum absolute atomic E-state index is 0.00442. The second kappa shape index (κ2) is 6.97. The molecule has 7 nitrogen and oxygen atoms in total. The maximum absolute atomic E-state index is 12.3. The molecule has 1 aromatic rings. The van der Waals surface area contributed by atoms with Gasteiger partial charge in [0.1, 0.15) is 6.04 Å². The lowest BCUT2D eigenvalue weighted by molar-refractivity contribution is -0.135. The second-order valence-electron chi connectivity index (χ2n) is 5.26. The molecule has 1 amide bonds. The molecule has 1 aromatic carbocycles. The van der Waals surface area contributed by atoms with Gasteiger partial charge in [-0.1, -0.05) is 6.07 Å². The summed E-state index contributed by atoms with van der Waals surface area (Å²) in [6.45, 7) is 4.11. The number of benzene rings is 1. The van der Waals surface area contributed by atoms with Crippen molar-refractivity contribution in [3.63, 3.8) is 0 Å². The van der Waals surface area contributed by atoms with Crippen LogP contribution in [0.2, 0.25) is 0 Å². The summed E-state index contributed by atoms with van der Waals surface area (Å²) in [6.07, 6.45) is 1.09. The van der Waals surface area contributed by atoms with Crippen molar-refractivity contribution in [2.24, 2.45) is 0 Å². The van der Waals surface area contributed by atoms with E-state index in [9.17, 15) is 13.2 Å². The van der Waals surface area contributed by atoms with E-state index in [0.717, 1.165) is 6.26 Å². The van der Waals surface area contributed by atoms with E-state index in [2.05, 4.69) is 10.0 Å². The molecule has 1 aliphatic rings. The van der Waals surface area contributed by atoms with Gasteiger partial charge >= 0.3 is 0 Å². The molecule has 0 radical (unpaired) electrons. The van der Waals surface area contributed by atoms with Crippen molar-refractivity contribution in [3.05, 3.63) is 24.3 Å². The number of rotatable bonds is 5. The maximum Gasteiger partial charge on any atom is 0.244 e. The Kier molecular flexibility index (Phi) is 5.25. The fraction of sp³-hybridized carbons (Fsp3) is 0.500. The molecule has 1 saturated heterocycles. The van der Waals surface area contributed by atoms with Gasteiger partial charge in [0.2, 0.25) is 15.9 Å². The lowest BCUT2D eigenvalue weighted by Gasteiger charge is -2.29. The smallest absolute Gasteiger partial charge is 0.244 e. The number of amides is 1. The van der Waals surface area contributed by atoms with E-state index in [4.69, 9.17) is 4.74 Å². The van der Waals surface area contributed by atoms with Crippen molar-refractivity contribution in [3.8, 4) is 0 Å². The quantitative estimate of drug-likeness (QED) is 0.832. The van der Waals surface area contributed by atoms with Crippen molar-refractivity contribution in [1.82, 2.24) is 4.90 Å². The maximum atomic E-state index is 12.3.